The number of carbonyl (C=O) groups excluding carboxylic acids is 1. The van der Waals surface area contributed by atoms with Gasteiger partial charge in [0.1, 0.15) is 6.10 Å². The van der Waals surface area contributed by atoms with E-state index in [1.807, 2.05) is 17.9 Å². The molecule has 0 saturated carbocycles. The number of hydrogen-bond acceptors (Lipinski definition) is 4. The number of aromatic nitrogens is 1. The van der Waals surface area contributed by atoms with Crippen LogP contribution in [0.2, 0.25) is 0 Å². The highest BCUT2D eigenvalue weighted by Gasteiger charge is 2.28. The van der Waals surface area contributed by atoms with Gasteiger partial charge in [-0.05, 0) is 38.3 Å². The molecular weight excluding hydrogens is 320 g/mol. The van der Waals surface area contributed by atoms with Crippen LogP contribution in [0.25, 0.3) is 10.2 Å². The second kappa shape index (κ2) is 7.90. The number of piperidine rings is 1. The van der Waals surface area contributed by atoms with Gasteiger partial charge in [0, 0.05) is 19.0 Å². The lowest BCUT2D eigenvalue weighted by Crippen LogP contribution is -2.43. The first-order valence-electron chi connectivity index (χ1n) is 8.56. The molecule has 5 heteroatoms. The molecule has 128 valence electrons. The molecule has 1 amide bonds. The summed E-state index contributed by atoms with van der Waals surface area (Å²) in [5.74, 6) is 0.560. The summed E-state index contributed by atoms with van der Waals surface area (Å²) < 4.78 is 6.82. The minimum atomic E-state index is -0.371. The number of hydrogen-bond donors (Lipinski definition) is 0. The summed E-state index contributed by atoms with van der Waals surface area (Å²) in [4.78, 5) is 19.1. The zero-order valence-electron chi connectivity index (χ0n) is 14.1. The largest absolute Gasteiger partial charge is 0.368 e. The number of likely N-dealkylation sites (tertiary alicyclic amines) is 1. The Labute approximate surface area is 147 Å². The van der Waals surface area contributed by atoms with Gasteiger partial charge in [0.2, 0.25) is 0 Å². The number of thiazole rings is 1. The molecular formula is C19H24N2O2S. The monoisotopic (exact) mass is 344 g/mol. The van der Waals surface area contributed by atoms with Crippen LogP contribution < -0.4 is 0 Å². The van der Waals surface area contributed by atoms with Crippen LogP contribution in [0.4, 0.5) is 0 Å². The average Bonchev–Trinajstić information content (AvgIpc) is 3.05. The molecule has 1 saturated heterocycles. The van der Waals surface area contributed by atoms with Crippen molar-refractivity contribution in [2.45, 2.75) is 38.2 Å². The van der Waals surface area contributed by atoms with E-state index in [0.29, 0.717) is 12.5 Å². The van der Waals surface area contributed by atoms with E-state index < -0.39 is 0 Å². The van der Waals surface area contributed by atoms with Crippen molar-refractivity contribution < 1.29 is 9.53 Å². The van der Waals surface area contributed by atoms with E-state index >= 15 is 0 Å². The quantitative estimate of drug-likeness (QED) is 0.588. The summed E-state index contributed by atoms with van der Waals surface area (Å²) >= 11 is 1.78. The van der Waals surface area contributed by atoms with Crippen molar-refractivity contribution in [2.24, 2.45) is 0 Å². The van der Waals surface area contributed by atoms with Gasteiger partial charge in [-0.15, -0.1) is 17.9 Å². The lowest BCUT2D eigenvalue weighted by Gasteiger charge is -2.32. The molecule has 1 atom stereocenters. The minimum absolute atomic E-state index is 0.0989. The third kappa shape index (κ3) is 3.84. The van der Waals surface area contributed by atoms with Gasteiger partial charge in [-0.25, -0.2) is 4.98 Å². The lowest BCUT2D eigenvalue weighted by atomic mass is 9.97. The van der Waals surface area contributed by atoms with Crippen molar-refractivity contribution in [3.63, 3.8) is 0 Å². The first-order chi connectivity index (χ1) is 11.7. The molecule has 4 nitrogen and oxygen atoms in total. The van der Waals surface area contributed by atoms with Gasteiger partial charge in [0.15, 0.2) is 0 Å². The molecule has 1 aliphatic heterocycles. The standard InChI is InChI=1S/C19H24N2O2S/c1-3-4-13-23-14(2)19(22)21-11-9-15(10-12-21)18-20-16-7-5-6-8-17(16)24-18/h3,5-8,14-15H,1,4,9-13H2,2H3. The molecule has 2 aromatic rings. The molecule has 1 aromatic heterocycles. The van der Waals surface area contributed by atoms with E-state index in [1.54, 1.807) is 17.4 Å². The Morgan fingerprint density at radius 1 is 1.46 bits per heavy atom. The molecule has 0 spiro atoms. The van der Waals surface area contributed by atoms with Crippen molar-refractivity contribution in [1.29, 1.82) is 0 Å². The Balaban J connectivity index is 1.55. The van der Waals surface area contributed by atoms with Crippen molar-refractivity contribution in [1.82, 2.24) is 9.88 Å². The maximum Gasteiger partial charge on any atom is 0.251 e. The van der Waals surface area contributed by atoms with Gasteiger partial charge >= 0.3 is 0 Å². The third-order valence-corrected chi connectivity index (χ3v) is 5.70. The number of rotatable bonds is 6. The van der Waals surface area contributed by atoms with Crippen LogP contribution in [0.1, 0.15) is 37.1 Å². The van der Waals surface area contributed by atoms with Crippen LogP contribution in [0.5, 0.6) is 0 Å². The molecule has 0 aliphatic carbocycles. The summed E-state index contributed by atoms with van der Waals surface area (Å²) in [6.45, 7) is 7.63. The first kappa shape index (κ1) is 17.1. The number of ether oxygens (including phenoxy) is 1. The Morgan fingerprint density at radius 2 is 2.21 bits per heavy atom. The Hall–Kier alpha value is -1.72. The Bertz CT molecular complexity index is 671. The highest BCUT2D eigenvalue weighted by atomic mass is 32.1. The molecule has 2 heterocycles. The molecule has 0 bridgehead atoms. The second-order valence-electron chi connectivity index (χ2n) is 6.21. The summed E-state index contributed by atoms with van der Waals surface area (Å²) in [6.07, 6.45) is 4.16. The maximum absolute atomic E-state index is 12.4. The lowest BCUT2D eigenvalue weighted by molar-refractivity contribution is -0.143. The summed E-state index contributed by atoms with van der Waals surface area (Å²) in [5, 5.41) is 1.21. The molecule has 0 radical (unpaired) electrons. The predicted octanol–water partition coefficient (Wildman–Crippen LogP) is 3.98. The number of amides is 1. The molecule has 1 unspecified atom stereocenters. The average molecular weight is 344 g/mol. The van der Waals surface area contributed by atoms with E-state index in [-0.39, 0.29) is 12.0 Å². The second-order valence-corrected chi connectivity index (χ2v) is 7.27. The number of nitrogens with zero attached hydrogens (tertiary/aromatic N) is 2. The zero-order valence-corrected chi connectivity index (χ0v) is 14.9. The number of benzene rings is 1. The third-order valence-electron chi connectivity index (χ3n) is 4.50. The fraction of sp³-hybridized carbons (Fsp3) is 0.474. The van der Waals surface area contributed by atoms with Crippen molar-refractivity contribution in [3.8, 4) is 0 Å². The first-order valence-corrected chi connectivity index (χ1v) is 9.37. The van der Waals surface area contributed by atoms with Gasteiger partial charge < -0.3 is 9.64 Å². The van der Waals surface area contributed by atoms with E-state index in [1.165, 1.54) is 9.71 Å². The molecule has 1 aliphatic rings. The summed E-state index contributed by atoms with van der Waals surface area (Å²) in [6, 6.07) is 8.27. The van der Waals surface area contributed by atoms with Crippen LogP contribution in [-0.2, 0) is 9.53 Å². The van der Waals surface area contributed by atoms with Crippen molar-refractivity contribution in [3.05, 3.63) is 41.9 Å². The molecule has 1 aromatic carbocycles. The van der Waals surface area contributed by atoms with Gasteiger partial charge in [-0.3, -0.25) is 4.79 Å². The highest BCUT2D eigenvalue weighted by molar-refractivity contribution is 7.18. The predicted molar refractivity (Wildman–Crippen MR) is 98.4 cm³/mol. The SMILES string of the molecule is C=CCCOC(C)C(=O)N1CCC(c2nc3ccccc3s2)CC1. The van der Waals surface area contributed by atoms with E-state index in [4.69, 9.17) is 9.72 Å². The van der Waals surface area contributed by atoms with Gasteiger partial charge in [-0.1, -0.05) is 18.2 Å². The number of fused-ring (bicyclic) bond motifs is 1. The smallest absolute Gasteiger partial charge is 0.251 e. The molecule has 24 heavy (non-hydrogen) atoms. The zero-order chi connectivity index (χ0) is 16.9. The van der Waals surface area contributed by atoms with Crippen LogP contribution >= 0.6 is 11.3 Å². The van der Waals surface area contributed by atoms with Crippen LogP contribution in [0.15, 0.2) is 36.9 Å². The van der Waals surface area contributed by atoms with E-state index in [2.05, 4.69) is 24.8 Å². The van der Waals surface area contributed by atoms with E-state index in [0.717, 1.165) is 37.9 Å². The minimum Gasteiger partial charge on any atom is -0.368 e. The fourth-order valence-electron chi connectivity index (χ4n) is 3.07. The number of carbonyl (C=O) groups is 1. The molecule has 0 N–H and O–H groups in total. The summed E-state index contributed by atoms with van der Waals surface area (Å²) in [5.41, 5.74) is 1.08. The van der Waals surface area contributed by atoms with Gasteiger partial charge in [0.05, 0.1) is 21.8 Å². The topological polar surface area (TPSA) is 42.4 Å². The fourth-order valence-corrected chi connectivity index (χ4v) is 4.20. The van der Waals surface area contributed by atoms with Crippen LogP contribution in [0.3, 0.4) is 0 Å². The summed E-state index contributed by atoms with van der Waals surface area (Å²) in [7, 11) is 0. The van der Waals surface area contributed by atoms with Crippen LogP contribution in [-0.4, -0.2) is 41.6 Å². The highest BCUT2D eigenvalue weighted by Crippen LogP contribution is 2.33. The van der Waals surface area contributed by atoms with Crippen molar-refractivity contribution in [2.75, 3.05) is 19.7 Å². The van der Waals surface area contributed by atoms with Gasteiger partial charge in [-0.2, -0.15) is 0 Å². The van der Waals surface area contributed by atoms with E-state index in [9.17, 15) is 4.79 Å². The Morgan fingerprint density at radius 3 is 2.92 bits per heavy atom. The van der Waals surface area contributed by atoms with Gasteiger partial charge in [0.25, 0.3) is 5.91 Å². The molecule has 1 fully saturated rings. The number of para-hydroxylation sites is 1. The maximum atomic E-state index is 12.4. The Kier molecular flexibility index (Phi) is 5.63. The van der Waals surface area contributed by atoms with Crippen molar-refractivity contribution >= 4 is 27.5 Å². The normalized spacial score (nSPS) is 17.1. The molecule has 3 rings (SSSR count). The van der Waals surface area contributed by atoms with Crippen LogP contribution in [0, 0.1) is 0 Å².